The highest BCUT2D eigenvalue weighted by Crippen LogP contribution is 2.25. The second-order valence-electron chi connectivity index (χ2n) is 4.93. The molecule has 0 aromatic heterocycles. The van der Waals surface area contributed by atoms with E-state index in [1.807, 2.05) is 36.0 Å². The van der Waals surface area contributed by atoms with Crippen LogP contribution in [-0.4, -0.2) is 49.0 Å². The molecule has 2 unspecified atom stereocenters. The number of nitrogens with one attached hydrogen (secondary N) is 1. The molecule has 0 spiro atoms. The molecular formula is C15H23NO3S. The number of hydrogen-bond acceptors (Lipinski definition) is 5. The summed E-state index contributed by atoms with van der Waals surface area (Å²) in [5.41, 5.74) is 0. The van der Waals surface area contributed by atoms with Crippen molar-refractivity contribution in [1.82, 2.24) is 5.32 Å². The van der Waals surface area contributed by atoms with Gasteiger partial charge in [0.05, 0.1) is 7.11 Å². The number of aliphatic hydroxyl groups is 1. The van der Waals surface area contributed by atoms with Crippen LogP contribution in [0.15, 0.2) is 24.3 Å². The highest BCUT2D eigenvalue weighted by molar-refractivity contribution is 8.00. The molecule has 1 aliphatic rings. The Kier molecular flexibility index (Phi) is 6.50. The van der Waals surface area contributed by atoms with Gasteiger partial charge >= 0.3 is 0 Å². The maximum absolute atomic E-state index is 9.87. The third kappa shape index (κ3) is 5.23. The lowest BCUT2D eigenvalue weighted by Gasteiger charge is -2.15. The lowest BCUT2D eigenvalue weighted by atomic mass is 10.2. The van der Waals surface area contributed by atoms with E-state index in [4.69, 9.17) is 9.47 Å². The Balaban J connectivity index is 1.59. The van der Waals surface area contributed by atoms with E-state index in [9.17, 15) is 5.11 Å². The summed E-state index contributed by atoms with van der Waals surface area (Å²) in [5.74, 6) is 2.82. The van der Waals surface area contributed by atoms with Crippen molar-refractivity contribution in [2.24, 2.45) is 0 Å². The van der Waals surface area contributed by atoms with Crippen molar-refractivity contribution in [1.29, 1.82) is 0 Å². The molecule has 0 saturated carbocycles. The van der Waals surface area contributed by atoms with Crippen molar-refractivity contribution >= 4 is 11.8 Å². The normalized spacial score (nSPS) is 19.8. The number of rotatable bonds is 8. The van der Waals surface area contributed by atoms with E-state index < -0.39 is 6.10 Å². The minimum Gasteiger partial charge on any atom is -0.497 e. The van der Waals surface area contributed by atoms with Crippen molar-refractivity contribution in [2.45, 2.75) is 24.2 Å². The van der Waals surface area contributed by atoms with Gasteiger partial charge in [0.1, 0.15) is 24.2 Å². The summed E-state index contributed by atoms with van der Waals surface area (Å²) in [7, 11) is 1.63. The van der Waals surface area contributed by atoms with E-state index in [2.05, 4.69) is 5.32 Å². The summed E-state index contributed by atoms with van der Waals surface area (Å²) in [4.78, 5) is 0. The minimum absolute atomic E-state index is 0.303. The molecule has 20 heavy (non-hydrogen) atoms. The molecule has 112 valence electrons. The molecule has 5 heteroatoms. The lowest BCUT2D eigenvalue weighted by molar-refractivity contribution is 0.106. The van der Waals surface area contributed by atoms with E-state index >= 15 is 0 Å². The fourth-order valence-corrected chi connectivity index (χ4v) is 3.38. The Morgan fingerprint density at radius 3 is 2.75 bits per heavy atom. The molecule has 4 nitrogen and oxygen atoms in total. The molecule has 1 fully saturated rings. The topological polar surface area (TPSA) is 50.7 Å². The standard InChI is InChI=1S/C15H23NO3S/c1-18-13-4-6-14(7-5-13)19-11-12(17)9-16-10-15-3-2-8-20-15/h4-7,12,15-17H,2-3,8-11H2,1H3. The SMILES string of the molecule is COc1ccc(OCC(O)CNCC2CCCS2)cc1. The van der Waals surface area contributed by atoms with Crippen LogP contribution in [0.1, 0.15) is 12.8 Å². The summed E-state index contributed by atoms with van der Waals surface area (Å²) >= 11 is 2.02. The highest BCUT2D eigenvalue weighted by Gasteiger charge is 2.15. The number of methoxy groups -OCH3 is 1. The third-order valence-corrected chi connectivity index (χ3v) is 4.68. The zero-order valence-electron chi connectivity index (χ0n) is 11.9. The first kappa shape index (κ1) is 15.5. The average Bonchev–Trinajstić information content (AvgIpc) is 2.99. The van der Waals surface area contributed by atoms with Crippen molar-refractivity contribution in [3.63, 3.8) is 0 Å². The van der Waals surface area contributed by atoms with Gasteiger partial charge in [-0.3, -0.25) is 0 Å². The van der Waals surface area contributed by atoms with E-state index in [-0.39, 0.29) is 0 Å². The number of hydrogen-bond donors (Lipinski definition) is 2. The van der Waals surface area contributed by atoms with Gasteiger partial charge in [0.2, 0.25) is 0 Å². The average molecular weight is 297 g/mol. The van der Waals surface area contributed by atoms with E-state index in [1.165, 1.54) is 18.6 Å². The zero-order valence-corrected chi connectivity index (χ0v) is 12.7. The van der Waals surface area contributed by atoms with Gasteiger partial charge in [0.15, 0.2) is 0 Å². The molecule has 0 aliphatic carbocycles. The van der Waals surface area contributed by atoms with Crippen molar-refractivity contribution in [3.05, 3.63) is 24.3 Å². The first-order chi connectivity index (χ1) is 9.78. The molecule has 1 aliphatic heterocycles. The monoisotopic (exact) mass is 297 g/mol. The van der Waals surface area contributed by atoms with Gasteiger partial charge in [-0.05, 0) is 42.9 Å². The second kappa shape index (κ2) is 8.39. The Morgan fingerprint density at radius 2 is 2.10 bits per heavy atom. The summed E-state index contributed by atoms with van der Waals surface area (Å²) in [6.45, 7) is 1.86. The molecule has 2 N–H and O–H groups in total. The van der Waals surface area contributed by atoms with Crippen LogP contribution < -0.4 is 14.8 Å². The molecule has 1 aromatic carbocycles. The second-order valence-corrected chi connectivity index (χ2v) is 6.34. The van der Waals surface area contributed by atoms with Crippen molar-refractivity contribution in [2.75, 3.05) is 32.6 Å². The Bertz CT molecular complexity index is 379. The van der Waals surface area contributed by atoms with Crippen LogP contribution in [-0.2, 0) is 0 Å². The van der Waals surface area contributed by atoms with Crippen LogP contribution in [0.5, 0.6) is 11.5 Å². The van der Waals surface area contributed by atoms with Crippen LogP contribution >= 0.6 is 11.8 Å². The smallest absolute Gasteiger partial charge is 0.119 e. The molecule has 0 radical (unpaired) electrons. The van der Waals surface area contributed by atoms with E-state index in [1.54, 1.807) is 7.11 Å². The summed E-state index contributed by atoms with van der Waals surface area (Å²) in [5, 5.41) is 13.9. The lowest BCUT2D eigenvalue weighted by Crippen LogP contribution is -2.34. The predicted octanol–water partition coefficient (Wildman–Crippen LogP) is 1.92. The first-order valence-corrected chi connectivity index (χ1v) is 8.10. The number of aliphatic hydroxyl groups excluding tert-OH is 1. The fraction of sp³-hybridized carbons (Fsp3) is 0.600. The Labute approximate surface area is 124 Å². The summed E-state index contributed by atoms with van der Waals surface area (Å²) in [6, 6.07) is 7.37. The van der Waals surface area contributed by atoms with Gasteiger partial charge in [-0.2, -0.15) is 11.8 Å². The zero-order chi connectivity index (χ0) is 14.2. The molecule has 1 saturated heterocycles. The van der Waals surface area contributed by atoms with Crippen molar-refractivity contribution < 1.29 is 14.6 Å². The van der Waals surface area contributed by atoms with Crippen LogP contribution in [0, 0.1) is 0 Å². The number of ether oxygens (including phenoxy) is 2. The number of thioether (sulfide) groups is 1. The van der Waals surface area contributed by atoms with Crippen LogP contribution in [0.2, 0.25) is 0 Å². The van der Waals surface area contributed by atoms with Gasteiger partial charge in [0, 0.05) is 18.3 Å². The van der Waals surface area contributed by atoms with E-state index in [0.29, 0.717) is 18.4 Å². The quantitative estimate of drug-likeness (QED) is 0.768. The van der Waals surface area contributed by atoms with Gasteiger partial charge in [-0.15, -0.1) is 0 Å². The molecule has 0 amide bonds. The largest absolute Gasteiger partial charge is 0.497 e. The Hall–Kier alpha value is -0.910. The van der Waals surface area contributed by atoms with Crippen LogP contribution in [0.25, 0.3) is 0 Å². The van der Waals surface area contributed by atoms with Gasteiger partial charge in [-0.1, -0.05) is 0 Å². The molecule has 2 rings (SSSR count). The molecule has 1 heterocycles. The predicted molar refractivity (Wildman–Crippen MR) is 82.8 cm³/mol. The minimum atomic E-state index is -0.483. The third-order valence-electron chi connectivity index (χ3n) is 3.28. The van der Waals surface area contributed by atoms with Crippen LogP contribution in [0.4, 0.5) is 0 Å². The molecule has 2 atom stereocenters. The summed E-state index contributed by atoms with van der Waals surface area (Å²) in [6.07, 6.45) is 2.12. The number of benzene rings is 1. The maximum Gasteiger partial charge on any atom is 0.119 e. The van der Waals surface area contributed by atoms with Crippen LogP contribution in [0.3, 0.4) is 0 Å². The fourth-order valence-electron chi connectivity index (χ4n) is 2.14. The maximum atomic E-state index is 9.87. The van der Waals surface area contributed by atoms with Crippen molar-refractivity contribution in [3.8, 4) is 11.5 Å². The van der Waals surface area contributed by atoms with E-state index in [0.717, 1.165) is 18.0 Å². The molecule has 1 aromatic rings. The van der Waals surface area contributed by atoms with Gasteiger partial charge in [0.25, 0.3) is 0 Å². The Morgan fingerprint density at radius 1 is 1.35 bits per heavy atom. The first-order valence-electron chi connectivity index (χ1n) is 7.05. The molecular weight excluding hydrogens is 274 g/mol. The summed E-state index contributed by atoms with van der Waals surface area (Å²) < 4.78 is 10.6. The molecule has 0 bridgehead atoms. The van der Waals surface area contributed by atoms with Gasteiger partial charge in [-0.25, -0.2) is 0 Å². The van der Waals surface area contributed by atoms with Gasteiger partial charge < -0.3 is 19.9 Å². The highest BCUT2D eigenvalue weighted by atomic mass is 32.2.